The minimum Gasteiger partial charge on any atom is -0.466 e. The summed E-state index contributed by atoms with van der Waals surface area (Å²) in [5.74, 6) is -0.465. The Morgan fingerprint density at radius 3 is 2.93 bits per heavy atom. The lowest BCUT2D eigenvalue weighted by atomic mass is 10.2. The number of hydrogen-bond donors (Lipinski definition) is 1. The highest BCUT2D eigenvalue weighted by Gasteiger charge is 1.96. The van der Waals surface area contributed by atoms with E-state index in [1.807, 2.05) is 0 Å². The zero-order valence-corrected chi connectivity index (χ0v) is 8.17. The Hall–Kier alpha value is -1.55. The molecule has 0 aliphatic carbocycles. The maximum atomic E-state index is 10.9. The lowest BCUT2D eigenvalue weighted by Gasteiger charge is -1.93. The molecule has 0 spiro atoms. The predicted molar refractivity (Wildman–Crippen MR) is 53.1 cm³/mol. The normalized spacial score (nSPS) is 10.4. The molecule has 5 heteroatoms. The number of pyridine rings is 1. The Kier molecular flexibility index (Phi) is 3.48. The highest BCUT2D eigenvalue weighted by atomic mass is 35.5. The highest BCUT2D eigenvalue weighted by molar-refractivity contribution is 6.30. The van der Waals surface area contributed by atoms with Gasteiger partial charge in [0.2, 0.25) is 0 Å². The Balaban J connectivity index is 2.88. The van der Waals surface area contributed by atoms with Crippen LogP contribution in [0.3, 0.4) is 0 Å². The third kappa shape index (κ3) is 2.74. The van der Waals surface area contributed by atoms with Crippen LogP contribution in [0, 0.1) is 0 Å². The van der Waals surface area contributed by atoms with Crippen LogP contribution in [0.5, 0.6) is 0 Å². The third-order valence-corrected chi connectivity index (χ3v) is 1.77. The Morgan fingerprint density at radius 1 is 1.64 bits per heavy atom. The minimum absolute atomic E-state index is 0.0806. The molecule has 0 radical (unpaired) electrons. The van der Waals surface area contributed by atoms with Gasteiger partial charge in [0.25, 0.3) is 5.56 Å². The molecule has 0 saturated heterocycles. The van der Waals surface area contributed by atoms with Gasteiger partial charge >= 0.3 is 5.97 Å². The summed E-state index contributed by atoms with van der Waals surface area (Å²) in [5, 5.41) is 0.0806. The van der Waals surface area contributed by atoms with E-state index in [4.69, 9.17) is 11.6 Å². The first-order chi connectivity index (χ1) is 6.63. The quantitative estimate of drug-likeness (QED) is 0.594. The molecular formula is C9H8ClNO3. The van der Waals surface area contributed by atoms with E-state index >= 15 is 0 Å². The predicted octanol–water partition coefficient (Wildman–Crippen LogP) is 1.21. The second kappa shape index (κ2) is 4.62. The van der Waals surface area contributed by atoms with Gasteiger partial charge in [0, 0.05) is 12.3 Å². The van der Waals surface area contributed by atoms with Crippen molar-refractivity contribution >= 4 is 23.6 Å². The van der Waals surface area contributed by atoms with Gasteiger partial charge in [0.05, 0.1) is 7.11 Å². The van der Waals surface area contributed by atoms with Crippen molar-refractivity contribution in [2.24, 2.45) is 0 Å². The van der Waals surface area contributed by atoms with Crippen LogP contribution in [0.4, 0.5) is 0 Å². The van der Waals surface area contributed by atoms with E-state index in [-0.39, 0.29) is 10.6 Å². The van der Waals surface area contributed by atoms with Gasteiger partial charge in [-0.05, 0) is 17.7 Å². The summed E-state index contributed by atoms with van der Waals surface area (Å²) in [4.78, 5) is 24.0. The van der Waals surface area contributed by atoms with Gasteiger partial charge in [-0.15, -0.1) is 0 Å². The van der Waals surface area contributed by atoms with E-state index < -0.39 is 5.97 Å². The van der Waals surface area contributed by atoms with Gasteiger partial charge in [0.1, 0.15) is 5.02 Å². The number of methoxy groups -OCH3 is 1. The molecule has 1 heterocycles. The Morgan fingerprint density at radius 2 is 2.36 bits per heavy atom. The molecule has 0 aliphatic rings. The van der Waals surface area contributed by atoms with Crippen molar-refractivity contribution in [1.82, 2.24) is 4.98 Å². The average Bonchev–Trinajstić information content (AvgIpc) is 2.19. The van der Waals surface area contributed by atoms with Crippen LogP contribution < -0.4 is 5.56 Å². The number of nitrogens with one attached hydrogen (secondary N) is 1. The summed E-state index contributed by atoms with van der Waals surface area (Å²) in [7, 11) is 1.28. The number of esters is 1. The fraction of sp³-hybridized carbons (Fsp3) is 0.111. The fourth-order valence-electron chi connectivity index (χ4n) is 0.800. The molecule has 0 unspecified atom stereocenters. The molecule has 0 aromatic carbocycles. The maximum Gasteiger partial charge on any atom is 0.330 e. The number of hydrogen-bond acceptors (Lipinski definition) is 3. The van der Waals surface area contributed by atoms with Crippen molar-refractivity contribution in [3.63, 3.8) is 0 Å². The van der Waals surface area contributed by atoms with Crippen molar-refractivity contribution in [2.75, 3.05) is 7.11 Å². The van der Waals surface area contributed by atoms with Gasteiger partial charge in [-0.2, -0.15) is 0 Å². The number of H-pyrrole nitrogens is 1. The highest BCUT2D eigenvalue weighted by Crippen LogP contribution is 2.05. The number of carbonyl (C=O) groups excluding carboxylic acids is 1. The molecule has 0 aliphatic heterocycles. The number of ether oxygens (including phenoxy) is 1. The Bertz CT molecular complexity index is 422. The molecule has 0 fully saturated rings. The first-order valence-corrected chi connectivity index (χ1v) is 4.15. The third-order valence-electron chi connectivity index (χ3n) is 1.49. The van der Waals surface area contributed by atoms with E-state index in [0.29, 0.717) is 5.56 Å². The summed E-state index contributed by atoms with van der Waals surface area (Å²) < 4.78 is 4.40. The van der Waals surface area contributed by atoms with Crippen molar-refractivity contribution < 1.29 is 9.53 Å². The SMILES string of the molecule is COC(=O)C=Cc1c[nH]c(=O)c(Cl)c1. The summed E-state index contributed by atoms with van der Waals surface area (Å²) in [6.07, 6.45) is 4.19. The van der Waals surface area contributed by atoms with Crippen LogP contribution in [0.1, 0.15) is 5.56 Å². The molecule has 0 amide bonds. The minimum atomic E-state index is -0.465. The molecule has 0 saturated carbocycles. The van der Waals surface area contributed by atoms with Crippen molar-refractivity contribution in [2.45, 2.75) is 0 Å². The van der Waals surface area contributed by atoms with Crippen LogP contribution >= 0.6 is 11.6 Å². The summed E-state index contributed by atoms with van der Waals surface area (Å²) >= 11 is 5.57. The van der Waals surface area contributed by atoms with Crippen molar-refractivity contribution in [1.29, 1.82) is 0 Å². The summed E-state index contributed by atoms with van der Waals surface area (Å²) in [6.45, 7) is 0. The van der Waals surface area contributed by atoms with Crippen LogP contribution in [0.2, 0.25) is 5.02 Å². The topological polar surface area (TPSA) is 59.2 Å². The molecular weight excluding hydrogens is 206 g/mol. The molecule has 4 nitrogen and oxygen atoms in total. The van der Waals surface area contributed by atoms with E-state index in [2.05, 4.69) is 9.72 Å². The van der Waals surface area contributed by atoms with Crippen LogP contribution in [0.15, 0.2) is 23.1 Å². The monoisotopic (exact) mass is 213 g/mol. The van der Waals surface area contributed by atoms with E-state index in [9.17, 15) is 9.59 Å². The van der Waals surface area contributed by atoms with Gasteiger partial charge in [-0.25, -0.2) is 4.79 Å². The lowest BCUT2D eigenvalue weighted by Crippen LogP contribution is -2.04. The zero-order chi connectivity index (χ0) is 10.6. The first-order valence-electron chi connectivity index (χ1n) is 3.77. The number of carbonyl (C=O) groups is 1. The summed E-state index contributed by atoms with van der Waals surface area (Å²) in [5.41, 5.74) is 0.266. The lowest BCUT2D eigenvalue weighted by molar-refractivity contribution is -0.134. The summed E-state index contributed by atoms with van der Waals surface area (Å²) in [6, 6.07) is 1.46. The molecule has 1 N–H and O–H groups in total. The smallest absolute Gasteiger partial charge is 0.330 e. The molecule has 1 aromatic rings. The molecule has 1 aromatic heterocycles. The molecule has 1 rings (SSSR count). The number of halogens is 1. The van der Waals surface area contributed by atoms with Gasteiger partial charge < -0.3 is 9.72 Å². The largest absolute Gasteiger partial charge is 0.466 e. The molecule has 0 bridgehead atoms. The van der Waals surface area contributed by atoms with Crippen molar-refractivity contribution in [3.8, 4) is 0 Å². The average molecular weight is 214 g/mol. The van der Waals surface area contributed by atoms with Gasteiger partial charge in [0.15, 0.2) is 0 Å². The molecule has 14 heavy (non-hydrogen) atoms. The molecule has 74 valence electrons. The van der Waals surface area contributed by atoms with Gasteiger partial charge in [-0.1, -0.05) is 11.6 Å². The standard InChI is InChI=1S/C9H8ClNO3/c1-14-8(12)3-2-6-4-7(10)9(13)11-5-6/h2-5H,1H3,(H,11,13). The van der Waals surface area contributed by atoms with E-state index in [0.717, 1.165) is 0 Å². The van der Waals surface area contributed by atoms with Crippen LogP contribution in [-0.4, -0.2) is 18.1 Å². The second-order valence-electron chi connectivity index (χ2n) is 2.47. The van der Waals surface area contributed by atoms with Crippen LogP contribution in [0.25, 0.3) is 6.08 Å². The van der Waals surface area contributed by atoms with Gasteiger partial charge in [-0.3, -0.25) is 4.79 Å². The molecule has 0 atom stereocenters. The van der Waals surface area contributed by atoms with E-state index in [1.165, 1.54) is 31.5 Å². The second-order valence-corrected chi connectivity index (χ2v) is 2.87. The zero-order valence-electron chi connectivity index (χ0n) is 7.41. The number of aromatic nitrogens is 1. The first kappa shape index (κ1) is 10.5. The number of rotatable bonds is 2. The van der Waals surface area contributed by atoms with Crippen LogP contribution in [-0.2, 0) is 9.53 Å². The van der Waals surface area contributed by atoms with E-state index in [1.54, 1.807) is 0 Å². The maximum absolute atomic E-state index is 10.9. The fourth-order valence-corrected chi connectivity index (χ4v) is 0.980. The Labute approximate surface area is 85.2 Å². The van der Waals surface area contributed by atoms with Crippen molar-refractivity contribution in [3.05, 3.63) is 39.3 Å². The number of aromatic amines is 1.